The molecule has 152 valence electrons. The number of nitrogens with zero attached hydrogens (tertiary/aromatic N) is 3. The van der Waals surface area contributed by atoms with Crippen LogP contribution >= 0.6 is 0 Å². The molecule has 0 spiro atoms. The first-order valence-corrected chi connectivity index (χ1v) is 9.64. The average Bonchev–Trinajstić information content (AvgIpc) is 3.26. The predicted molar refractivity (Wildman–Crippen MR) is 99.2 cm³/mol. The predicted octanol–water partition coefficient (Wildman–Crippen LogP) is 1.68. The topological polar surface area (TPSA) is 108 Å². The zero-order chi connectivity index (χ0) is 19.9. The Hall–Kier alpha value is -2.68. The molecule has 28 heavy (non-hydrogen) atoms. The highest BCUT2D eigenvalue weighted by Gasteiger charge is 2.23. The fourth-order valence-corrected chi connectivity index (χ4v) is 3.16. The molecule has 0 radical (unpaired) electrons. The molecular formula is C19H26N4O5. The molecule has 3 rings (SSSR count). The highest BCUT2D eigenvalue weighted by atomic mass is 16.5. The van der Waals surface area contributed by atoms with Crippen LogP contribution < -0.4 is 5.32 Å². The molecular weight excluding hydrogens is 364 g/mol. The number of rotatable bonds is 5. The third-order valence-corrected chi connectivity index (χ3v) is 4.51. The van der Waals surface area contributed by atoms with Gasteiger partial charge in [-0.05, 0) is 25.7 Å². The number of hydrogen-bond acceptors (Lipinski definition) is 7. The van der Waals surface area contributed by atoms with Crippen molar-refractivity contribution in [2.24, 2.45) is 0 Å². The second-order valence-electron chi connectivity index (χ2n) is 6.56. The van der Waals surface area contributed by atoms with Gasteiger partial charge in [0.1, 0.15) is 12.9 Å². The summed E-state index contributed by atoms with van der Waals surface area (Å²) in [5.74, 6) is -0.238. The molecule has 1 N–H and O–H groups in total. The van der Waals surface area contributed by atoms with E-state index >= 15 is 0 Å². The summed E-state index contributed by atoms with van der Waals surface area (Å²) in [5.41, 5.74) is 2.39. The molecule has 0 aliphatic carbocycles. The lowest BCUT2D eigenvalue weighted by atomic mass is 10.1. The van der Waals surface area contributed by atoms with Crippen LogP contribution in [0, 0.1) is 6.92 Å². The Morgan fingerprint density at radius 1 is 1.36 bits per heavy atom. The monoisotopic (exact) mass is 390 g/mol. The Morgan fingerprint density at radius 2 is 2.18 bits per heavy atom. The van der Waals surface area contributed by atoms with Crippen molar-refractivity contribution in [2.75, 3.05) is 26.4 Å². The van der Waals surface area contributed by atoms with Gasteiger partial charge in [0.2, 0.25) is 0 Å². The molecule has 3 heterocycles. The van der Waals surface area contributed by atoms with Crippen LogP contribution in [-0.4, -0.2) is 53.0 Å². The van der Waals surface area contributed by atoms with E-state index < -0.39 is 5.97 Å². The molecule has 1 aliphatic rings. The maximum Gasteiger partial charge on any atom is 0.360 e. The van der Waals surface area contributed by atoms with Gasteiger partial charge in [-0.15, -0.1) is 0 Å². The highest BCUT2D eigenvalue weighted by molar-refractivity contribution is 5.96. The van der Waals surface area contributed by atoms with Crippen LogP contribution in [0.3, 0.4) is 0 Å². The summed E-state index contributed by atoms with van der Waals surface area (Å²) < 4.78 is 17.7. The molecule has 0 atom stereocenters. The quantitative estimate of drug-likeness (QED) is 0.774. The maximum absolute atomic E-state index is 12.7. The van der Waals surface area contributed by atoms with Crippen molar-refractivity contribution in [1.29, 1.82) is 0 Å². The minimum absolute atomic E-state index is 0.102. The highest BCUT2D eigenvalue weighted by Crippen LogP contribution is 2.18. The normalized spacial score (nSPS) is 15.4. The van der Waals surface area contributed by atoms with Gasteiger partial charge in [0, 0.05) is 26.7 Å². The van der Waals surface area contributed by atoms with Crippen molar-refractivity contribution in [3.05, 3.63) is 34.8 Å². The molecule has 0 saturated carbocycles. The van der Waals surface area contributed by atoms with E-state index in [9.17, 15) is 9.59 Å². The van der Waals surface area contributed by atoms with Crippen LogP contribution in [0.2, 0.25) is 0 Å². The standard InChI is InChI=1S/C19H26N4O5/c1-3-14-17-16(6-4-9-26-10-5-7-20-18(17)24)23(22-14)8-11-27-19(25)15-12-28-13(2)21-15/h12H,3-11H2,1-2H3,(H,20,24). The van der Waals surface area contributed by atoms with E-state index in [4.69, 9.17) is 13.9 Å². The number of hydrogen-bond donors (Lipinski definition) is 1. The number of amides is 1. The summed E-state index contributed by atoms with van der Waals surface area (Å²) in [6, 6.07) is 0. The maximum atomic E-state index is 12.7. The van der Waals surface area contributed by atoms with Gasteiger partial charge < -0.3 is 19.2 Å². The SMILES string of the molecule is CCc1nn(CCOC(=O)c2coc(C)n2)c2c1C(=O)NCCCOCCC2. The number of nitrogens with one attached hydrogen (secondary N) is 1. The molecule has 1 aliphatic heterocycles. The van der Waals surface area contributed by atoms with E-state index in [-0.39, 0.29) is 18.2 Å². The second kappa shape index (κ2) is 9.50. The van der Waals surface area contributed by atoms with Gasteiger partial charge in [0.05, 0.1) is 23.5 Å². The molecule has 1 amide bonds. The van der Waals surface area contributed by atoms with Crippen molar-refractivity contribution >= 4 is 11.9 Å². The van der Waals surface area contributed by atoms with Gasteiger partial charge in [-0.25, -0.2) is 9.78 Å². The first-order chi connectivity index (χ1) is 13.6. The number of aryl methyl sites for hydroxylation is 2. The van der Waals surface area contributed by atoms with Crippen LogP contribution in [0.1, 0.15) is 57.9 Å². The van der Waals surface area contributed by atoms with Gasteiger partial charge in [-0.1, -0.05) is 6.92 Å². The first-order valence-electron chi connectivity index (χ1n) is 9.64. The summed E-state index contributed by atoms with van der Waals surface area (Å²) >= 11 is 0. The zero-order valence-corrected chi connectivity index (χ0v) is 16.3. The number of ether oxygens (including phenoxy) is 2. The molecule has 2 aromatic heterocycles. The van der Waals surface area contributed by atoms with Gasteiger partial charge >= 0.3 is 5.97 Å². The van der Waals surface area contributed by atoms with Gasteiger partial charge in [-0.3, -0.25) is 9.48 Å². The Morgan fingerprint density at radius 3 is 2.93 bits per heavy atom. The molecule has 9 nitrogen and oxygen atoms in total. The smallest absolute Gasteiger partial charge is 0.360 e. The zero-order valence-electron chi connectivity index (χ0n) is 16.3. The molecule has 9 heteroatoms. The third-order valence-electron chi connectivity index (χ3n) is 4.51. The minimum atomic E-state index is -0.543. The molecule has 0 aromatic carbocycles. The number of fused-ring (bicyclic) bond motifs is 1. The van der Waals surface area contributed by atoms with E-state index in [2.05, 4.69) is 15.4 Å². The van der Waals surface area contributed by atoms with Gasteiger partial charge in [-0.2, -0.15) is 5.10 Å². The Kier molecular flexibility index (Phi) is 6.80. The first kappa shape index (κ1) is 20.1. The van der Waals surface area contributed by atoms with E-state index in [1.54, 1.807) is 11.6 Å². The molecule has 0 fully saturated rings. The van der Waals surface area contributed by atoms with Crippen LogP contribution in [-0.2, 0) is 28.9 Å². The largest absolute Gasteiger partial charge is 0.459 e. The molecule has 2 aromatic rings. The van der Waals surface area contributed by atoms with E-state index in [1.807, 2.05) is 6.92 Å². The lowest BCUT2D eigenvalue weighted by Crippen LogP contribution is -2.26. The summed E-state index contributed by atoms with van der Waals surface area (Å²) in [4.78, 5) is 28.7. The average molecular weight is 390 g/mol. The molecule has 0 unspecified atom stereocenters. The van der Waals surface area contributed by atoms with Crippen molar-refractivity contribution in [3.8, 4) is 0 Å². The fraction of sp³-hybridized carbons (Fsp3) is 0.579. The molecule has 0 saturated heterocycles. The minimum Gasteiger partial charge on any atom is -0.459 e. The van der Waals surface area contributed by atoms with Crippen LogP contribution in [0.5, 0.6) is 0 Å². The lowest BCUT2D eigenvalue weighted by molar-refractivity contribution is 0.0479. The number of aromatic nitrogens is 3. The van der Waals surface area contributed by atoms with Crippen molar-refractivity contribution < 1.29 is 23.5 Å². The van der Waals surface area contributed by atoms with Crippen molar-refractivity contribution in [1.82, 2.24) is 20.1 Å². The Balaban J connectivity index is 1.73. The van der Waals surface area contributed by atoms with Crippen molar-refractivity contribution in [3.63, 3.8) is 0 Å². The Bertz CT molecular complexity index is 826. The van der Waals surface area contributed by atoms with E-state index in [0.717, 1.165) is 24.2 Å². The number of carbonyl (C=O) groups excluding carboxylic acids is 2. The number of carbonyl (C=O) groups is 2. The second-order valence-corrected chi connectivity index (χ2v) is 6.56. The lowest BCUT2D eigenvalue weighted by Gasteiger charge is -2.10. The Labute approximate surface area is 163 Å². The fourth-order valence-electron chi connectivity index (χ4n) is 3.16. The van der Waals surface area contributed by atoms with Crippen LogP contribution in [0.4, 0.5) is 0 Å². The summed E-state index contributed by atoms with van der Waals surface area (Å²) in [6.45, 7) is 5.97. The van der Waals surface area contributed by atoms with E-state index in [0.29, 0.717) is 50.6 Å². The third kappa shape index (κ3) is 4.78. The molecule has 0 bridgehead atoms. The number of oxazole rings is 1. The summed E-state index contributed by atoms with van der Waals surface area (Å²) in [7, 11) is 0. The van der Waals surface area contributed by atoms with Crippen LogP contribution in [0.15, 0.2) is 10.7 Å². The summed E-state index contributed by atoms with van der Waals surface area (Å²) in [6.07, 6.45) is 4.18. The van der Waals surface area contributed by atoms with Crippen LogP contribution in [0.25, 0.3) is 0 Å². The van der Waals surface area contributed by atoms with Crippen molar-refractivity contribution in [2.45, 2.75) is 46.1 Å². The van der Waals surface area contributed by atoms with Gasteiger partial charge in [0.15, 0.2) is 11.6 Å². The summed E-state index contributed by atoms with van der Waals surface area (Å²) in [5, 5.41) is 7.54. The number of esters is 1. The van der Waals surface area contributed by atoms with Gasteiger partial charge in [0.25, 0.3) is 5.91 Å². The van der Waals surface area contributed by atoms with E-state index in [1.165, 1.54) is 6.26 Å².